The largest absolute Gasteiger partial charge is 0.481 e. The van der Waals surface area contributed by atoms with E-state index in [-0.39, 0.29) is 12.2 Å². The third-order valence-electron chi connectivity index (χ3n) is 2.46. The lowest BCUT2D eigenvalue weighted by atomic mass is 10.0. The van der Waals surface area contributed by atoms with Crippen molar-refractivity contribution in [2.45, 2.75) is 25.8 Å². The van der Waals surface area contributed by atoms with Gasteiger partial charge in [0.1, 0.15) is 5.82 Å². The van der Waals surface area contributed by atoms with Gasteiger partial charge in [0.05, 0.1) is 12.5 Å². The molecular weight excluding hydrogens is 237 g/mol. The minimum atomic E-state index is -1.04. The van der Waals surface area contributed by atoms with E-state index in [1.54, 1.807) is 0 Å². The van der Waals surface area contributed by atoms with Crippen molar-refractivity contribution in [3.05, 3.63) is 35.6 Å². The predicted molar refractivity (Wildman–Crippen MR) is 65.1 cm³/mol. The van der Waals surface area contributed by atoms with Gasteiger partial charge in [-0.3, -0.25) is 9.59 Å². The minimum absolute atomic E-state index is 0.282. The van der Waals surface area contributed by atoms with Gasteiger partial charge < -0.3 is 10.4 Å². The number of benzene rings is 1. The molecule has 0 saturated carbocycles. The first-order valence-corrected chi connectivity index (χ1v) is 5.79. The molecule has 0 saturated heterocycles. The first kappa shape index (κ1) is 14.3. The number of rotatable bonds is 7. The van der Waals surface area contributed by atoms with E-state index in [0.29, 0.717) is 12.1 Å². The molecule has 0 amide bonds. The van der Waals surface area contributed by atoms with Crippen molar-refractivity contribution < 1.29 is 19.1 Å². The second kappa shape index (κ2) is 6.86. The number of carbonyl (C=O) groups excluding carboxylic acids is 1. The molecule has 0 fully saturated rings. The highest BCUT2D eigenvalue weighted by atomic mass is 19.1. The molecule has 0 aliphatic carbocycles. The van der Waals surface area contributed by atoms with Crippen molar-refractivity contribution in [2.75, 3.05) is 6.54 Å². The Morgan fingerprint density at radius 1 is 1.33 bits per heavy atom. The zero-order chi connectivity index (χ0) is 13.5. The number of carboxylic acid groups (broad SMARTS) is 1. The highest BCUT2D eigenvalue weighted by Crippen LogP contribution is 2.08. The molecule has 1 atom stereocenters. The molecule has 18 heavy (non-hydrogen) atoms. The van der Waals surface area contributed by atoms with Gasteiger partial charge in [0.15, 0.2) is 5.78 Å². The van der Waals surface area contributed by atoms with Crippen LogP contribution in [0.5, 0.6) is 0 Å². The fraction of sp³-hybridized carbons (Fsp3) is 0.385. The topological polar surface area (TPSA) is 66.4 Å². The molecule has 5 heteroatoms. The normalized spacial score (nSPS) is 12.1. The van der Waals surface area contributed by atoms with Crippen LogP contribution in [0.25, 0.3) is 0 Å². The van der Waals surface area contributed by atoms with Crippen LogP contribution in [0, 0.1) is 5.82 Å². The first-order valence-electron chi connectivity index (χ1n) is 5.79. The Bertz CT molecular complexity index is 417. The van der Waals surface area contributed by atoms with Crippen LogP contribution >= 0.6 is 0 Å². The Morgan fingerprint density at radius 2 is 1.94 bits per heavy atom. The number of halogens is 1. The Kier molecular flexibility index (Phi) is 5.45. The molecule has 0 bridgehead atoms. The molecule has 0 aliphatic heterocycles. The Hall–Kier alpha value is -1.75. The summed E-state index contributed by atoms with van der Waals surface area (Å²) in [6, 6.07) is 4.32. The number of carboxylic acids is 1. The predicted octanol–water partition coefficient (Wildman–Crippen LogP) is 1.85. The Balaban J connectivity index is 2.80. The highest BCUT2D eigenvalue weighted by molar-refractivity contribution is 6.01. The number of hydrogen-bond donors (Lipinski definition) is 2. The number of aliphatic carboxylic acids is 1. The standard InChI is InChI=1S/C13H16FNO3/c1-2-7-15-11(8-12(16)17)13(18)9-3-5-10(14)6-4-9/h3-6,11,15H,2,7-8H2,1H3,(H,16,17). The maximum Gasteiger partial charge on any atom is 0.305 e. The van der Waals surface area contributed by atoms with E-state index >= 15 is 0 Å². The summed E-state index contributed by atoms with van der Waals surface area (Å²) in [5.74, 6) is -1.80. The molecule has 4 nitrogen and oxygen atoms in total. The number of ketones is 1. The summed E-state index contributed by atoms with van der Waals surface area (Å²) >= 11 is 0. The van der Waals surface area contributed by atoms with E-state index in [2.05, 4.69) is 5.32 Å². The van der Waals surface area contributed by atoms with Gasteiger partial charge in [-0.05, 0) is 37.2 Å². The monoisotopic (exact) mass is 253 g/mol. The summed E-state index contributed by atoms with van der Waals surface area (Å²) in [5, 5.41) is 11.7. The molecule has 0 heterocycles. The van der Waals surface area contributed by atoms with Gasteiger partial charge in [-0.1, -0.05) is 6.92 Å². The van der Waals surface area contributed by atoms with Crippen molar-refractivity contribution in [3.63, 3.8) is 0 Å². The van der Waals surface area contributed by atoms with Crippen molar-refractivity contribution in [1.82, 2.24) is 5.32 Å². The van der Waals surface area contributed by atoms with Crippen LogP contribution in [0.15, 0.2) is 24.3 Å². The molecule has 1 unspecified atom stereocenters. The minimum Gasteiger partial charge on any atom is -0.481 e. The van der Waals surface area contributed by atoms with Crippen LogP contribution in [0.4, 0.5) is 4.39 Å². The van der Waals surface area contributed by atoms with E-state index in [0.717, 1.165) is 6.42 Å². The van der Waals surface area contributed by atoms with Crippen molar-refractivity contribution >= 4 is 11.8 Å². The Labute approximate surface area is 105 Å². The van der Waals surface area contributed by atoms with Crippen LogP contribution < -0.4 is 5.32 Å². The second-order valence-corrected chi connectivity index (χ2v) is 3.98. The summed E-state index contributed by atoms with van der Waals surface area (Å²) in [4.78, 5) is 22.8. The van der Waals surface area contributed by atoms with Gasteiger partial charge >= 0.3 is 5.97 Å². The summed E-state index contributed by atoms with van der Waals surface area (Å²) in [6.07, 6.45) is 0.517. The third kappa shape index (κ3) is 4.25. The molecule has 1 aromatic rings. The average molecular weight is 253 g/mol. The van der Waals surface area contributed by atoms with Crippen LogP contribution in [0.1, 0.15) is 30.1 Å². The average Bonchev–Trinajstić information content (AvgIpc) is 2.34. The summed E-state index contributed by atoms with van der Waals surface area (Å²) in [5.41, 5.74) is 0.311. The number of hydrogen-bond acceptors (Lipinski definition) is 3. The highest BCUT2D eigenvalue weighted by Gasteiger charge is 2.22. The van der Waals surface area contributed by atoms with E-state index in [1.165, 1.54) is 24.3 Å². The van der Waals surface area contributed by atoms with Crippen LogP contribution in [-0.4, -0.2) is 29.4 Å². The zero-order valence-electron chi connectivity index (χ0n) is 10.1. The molecular formula is C13H16FNO3. The molecule has 2 N–H and O–H groups in total. The van der Waals surface area contributed by atoms with E-state index in [1.807, 2.05) is 6.92 Å². The number of Topliss-reactive ketones (excluding diaryl/α,β-unsaturated/α-hetero) is 1. The quantitative estimate of drug-likeness (QED) is 0.728. The molecule has 0 aliphatic rings. The lowest BCUT2D eigenvalue weighted by Crippen LogP contribution is -2.39. The smallest absolute Gasteiger partial charge is 0.305 e. The van der Waals surface area contributed by atoms with Gasteiger partial charge in [-0.2, -0.15) is 0 Å². The molecule has 0 spiro atoms. The van der Waals surface area contributed by atoms with Crippen LogP contribution in [-0.2, 0) is 4.79 Å². The summed E-state index contributed by atoms with van der Waals surface area (Å²) in [6.45, 7) is 2.48. The lowest BCUT2D eigenvalue weighted by Gasteiger charge is -2.15. The van der Waals surface area contributed by atoms with Gasteiger partial charge in [0.2, 0.25) is 0 Å². The van der Waals surface area contributed by atoms with Crippen molar-refractivity contribution in [1.29, 1.82) is 0 Å². The van der Waals surface area contributed by atoms with Gasteiger partial charge in [0, 0.05) is 5.56 Å². The molecule has 0 aromatic heterocycles. The van der Waals surface area contributed by atoms with E-state index in [4.69, 9.17) is 5.11 Å². The number of carbonyl (C=O) groups is 2. The van der Waals surface area contributed by atoms with Gasteiger partial charge in [0.25, 0.3) is 0 Å². The molecule has 0 radical (unpaired) electrons. The van der Waals surface area contributed by atoms with Gasteiger partial charge in [-0.15, -0.1) is 0 Å². The van der Waals surface area contributed by atoms with Gasteiger partial charge in [-0.25, -0.2) is 4.39 Å². The first-order chi connectivity index (χ1) is 8.54. The van der Waals surface area contributed by atoms with E-state index in [9.17, 15) is 14.0 Å². The maximum atomic E-state index is 12.7. The van der Waals surface area contributed by atoms with Crippen LogP contribution in [0.3, 0.4) is 0 Å². The summed E-state index contributed by atoms with van der Waals surface area (Å²) < 4.78 is 12.7. The Morgan fingerprint density at radius 3 is 2.44 bits per heavy atom. The zero-order valence-corrected chi connectivity index (χ0v) is 10.1. The third-order valence-corrected chi connectivity index (χ3v) is 2.46. The number of nitrogens with one attached hydrogen (secondary N) is 1. The van der Waals surface area contributed by atoms with Crippen molar-refractivity contribution in [3.8, 4) is 0 Å². The molecule has 1 rings (SSSR count). The maximum absolute atomic E-state index is 12.7. The SMILES string of the molecule is CCCNC(CC(=O)O)C(=O)c1ccc(F)cc1. The van der Waals surface area contributed by atoms with E-state index < -0.39 is 17.8 Å². The molecule has 98 valence electrons. The fourth-order valence-corrected chi connectivity index (χ4v) is 1.57. The summed E-state index contributed by atoms with van der Waals surface area (Å²) in [7, 11) is 0. The fourth-order valence-electron chi connectivity index (χ4n) is 1.57. The van der Waals surface area contributed by atoms with Crippen LogP contribution in [0.2, 0.25) is 0 Å². The lowest BCUT2D eigenvalue weighted by molar-refractivity contribution is -0.137. The van der Waals surface area contributed by atoms with Crippen molar-refractivity contribution in [2.24, 2.45) is 0 Å². The molecule has 1 aromatic carbocycles. The second-order valence-electron chi connectivity index (χ2n) is 3.98.